The van der Waals surface area contributed by atoms with E-state index in [2.05, 4.69) is 60.4 Å². The molecule has 1 rings (SSSR count). The van der Waals surface area contributed by atoms with Gasteiger partial charge in [-0.1, -0.05) is 25.5 Å². The molecule has 1 N–H and O–H groups in total. The van der Waals surface area contributed by atoms with E-state index in [4.69, 9.17) is 12.2 Å². The lowest BCUT2D eigenvalue weighted by atomic mass is 10.2. The Bertz CT molecular complexity index is 466. The van der Waals surface area contributed by atoms with E-state index < -0.39 is 0 Å². The number of hydrogen-bond acceptors (Lipinski definition) is 3. The summed E-state index contributed by atoms with van der Waals surface area (Å²) in [7, 11) is 1.86. The maximum absolute atomic E-state index is 5.29. The third-order valence-electron chi connectivity index (χ3n) is 3.50. The summed E-state index contributed by atoms with van der Waals surface area (Å²) < 4.78 is 0. The molecule has 22 heavy (non-hydrogen) atoms. The van der Waals surface area contributed by atoms with Crippen LogP contribution in [0.1, 0.15) is 39.2 Å². The summed E-state index contributed by atoms with van der Waals surface area (Å²) in [6.45, 7) is 9.43. The molecule has 5 heteroatoms. The number of nitrogens with one attached hydrogen (secondary N) is 1. The molecule has 1 aromatic rings. The third kappa shape index (κ3) is 6.02. The molecule has 0 radical (unpaired) electrons. The Morgan fingerprint density at radius 2 is 1.82 bits per heavy atom. The molecule has 1 aromatic carbocycles. The third-order valence-corrected chi connectivity index (χ3v) is 3.91. The van der Waals surface area contributed by atoms with Crippen molar-refractivity contribution in [3.63, 3.8) is 0 Å². The fourth-order valence-corrected chi connectivity index (χ4v) is 2.20. The van der Waals surface area contributed by atoms with Crippen LogP contribution >= 0.6 is 12.2 Å². The normalized spacial score (nSPS) is 10.7. The van der Waals surface area contributed by atoms with E-state index in [1.807, 2.05) is 13.3 Å². The smallest absolute Gasteiger partial charge is 0.189 e. The highest BCUT2D eigenvalue weighted by atomic mass is 32.1. The van der Waals surface area contributed by atoms with Crippen molar-refractivity contribution in [1.82, 2.24) is 10.3 Å². The molecule has 0 aliphatic heterocycles. The largest absolute Gasteiger partial charge is 0.372 e. The van der Waals surface area contributed by atoms with E-state index in [0.717, 1.165) is 38.0 Å². The second-order valence-corrected chi connectivity index (χ2v) is 5.50. The Balaban J connectivity index is 2.56. The first-order valence-corrected chi connectivity index (χ1v) is 8.43. The lowest BCUT2D eigenvalue weighted by Crippen LogP contribution is -2.34. The second-order valence-electron chi connectivity index (χ2n) is 5.12. The van der Waals surface area contributed by atoms with Gasteiger partial charge < -0.3 is 10.2 Å². The summed E-state index contributed by atoms with van der Waals surface area (Å²) in [5.41, 5.74) is 2.31. The Morgan fingerprint density at radius 3 is 2.36 bits per heavy atom. The highest BCUT2D eigenvalue weighted by molar-refractivity contribution is 7.80. The van der Waals surface area contributed by atoms with Gasteiger partial charge in [-0.15, -0.1) is 0 Å². The van der Waals surface area contributed by atoms with Crippen LogP contribution in [0.25, 0.3) is 0 Å². The number of unbranched alkanes of at least 4 members (excludes halogenated alkanes) is 1. The predicted octanol–water partition coefficient (Wildman–Crippen LogP) is 3.47. The van der Waals surface area contributed by atoms with Gasteiger partial charge in [-0.3, -0.25) is 0 Å². The van der Waals surface area contributed by atoms with Gasteiger partial charge in [0.25, 0.3) is 0 Å². The summed E-state index contributed by atoms with van der Waals surface area (Å²) in [6.07, 6.45) is 4.10. The van der Waals surface area contributed by atoms with E-state index in [-0.39, 0.29) is 0 Å². The van der Waals surface area contributed by atoms with Crippen LogP contribution in [0.15, 0.2) is 29.4 Å². The van der Waals surface area contributed by atoms with Crippen molar-refractivity contribution in [3.8, 4) is 0 Å². The molecule has 0 amide bonds. The van der Waals surface area contributed by atoms with Crippen molar-refractivity contribution in [3.05, 3.63) is 29.8 Å². The standard InChI is InChI=1S/C17H28N4S/c1-5-8-13-18-17(22)20(4)19-14-15-9-11-16(12-10-15)21(6-2)7-3/h9-12,14H,5-8,13H2,1-4H3,(H,18,22). The van der Waals surface area contributed by atoms with Crippen molar-refractivity contribution >= 4 is 29.2 Å². The van der Waals surface area contributed by atoms with Crippen LogP contribution in [0.2, 0.25) is 0 Å². The number of rotatable bonds is 8. The lowest BCUT2D eigenvalue weighted by molar-refractivity contribution is 0.530. The highest BCUT2D eigenvalue weighted by Crippen LogP contribution is 2.14. The molecule has 0 aliphatic rings. The minimum atomic E-state index is 0.657. The second kappa shape index (κ2) is 10.2. The molecule has 0 aliphatic carbocycles. The lowest BCUT2D eigenvalue weighted by Gasteiger charge is -2.20. The maximum Gasteiger partial charge on any atom is 0.189 e. The van der Waals surface area contributed by atoms with Gasteiger partial charge in [0.05, 0.1) is 6.21 Å². The zero-order valence-electron chi connectivity index (χ0n) is 14.2. The zero-order chi connectivity index (χ0) is 16.4. The topological polar surface area (TPSA) is 30.9 Å². The number of nitrogens with zero attached hydrogens (tertiary/aromatic N) is 3. The van der Waals surface area contributed by atoms with Gasteiger partial charge in [0.2, 0.25) is 0 Å². The van der Waals surface area contributed by atoms with E-state index in [1.54, 1.807) is 5.01 Å². The van der Waals surface area contributed by atoms with Gasteiger partial charge in [0.15, 0.2) is 5.11 Å². The Hall–Kier alpha value is -1.62. The van der Waals surface area contributed by atoms with Crippen LogP contribution in [0.4, 0.5) is 5.69 Å². The number of benzene rings is 1. The van der Waals surface area contributed by atoms with Crippen molar-refractivity contribution < 1.29 is 0 Å². The molecule has 0 unspecified atom stereocenters. The van der Waals surface area contributed by atoms with Gasteiger partial charge >= 0.3 is 0 Å². The van der Waals surface area contributed by atoms with E-state index in [1.165, 1.54) is 5.69 Å². The molecule has 0 spiro atoms. The fraction of sp³-hybridized carbons (Fsp3) is 0.529. The summed E-state index contributed by atoms with van der Waals surface area (Å²) in [5, 5.41) is 9.93. The Kier molecular flexibility index (Phi) is 8.51. The van der Waals surface area contributed by atoms with Crippen molar-refractivity contribution in [2.24, 2.45) is 5.10 Å². The van der Waals surface area contributed by atoms with Gasteiger partial charge in [-0.2, -0.15) is 5.10 Å². The zero-order valence-corrected chi connectivity index (χ0v) is 15.0. The summed E-state index contributed by atoms with van der Waals surface area (Å²) >= 11 is 5.29. The molecular formula is C17H28N4S. The SMILES string of the molecule is CCCCNC(=S)N(C)N=Cc1ccc(N(CC)CC)cc1. The number of anilines is 1. The van der Waals surface area contributed by atoms with Crippen LogP contribution < -0.4 is 10.2 Å². The minimum absolute atomic E-state index is 0.657. The minimum Gasteiger partial charge on any atom is -0.372 e. The average Bonchev–Trinajstić information content (AvgIpc) is 2.55. The molecule has 0 atom stereocenters. The van der Waals surface area contributed by atoms with Crippen molar-refractivity contribution in [1.29, 1.82) is 0 Å². The predicted molar refractivity (Wildman–Crippen MR) is 101 cm³/mol. The van der Waals surface area contributed by atoms with Crippen LogP contribution in [0, 0.1) is 0 Å². The number of thiocarbonyl (C=S) groups is 1. The summed E-state index contributed by atoms with van der Waals surface area (Å²) in [5.74, 6) is 0. The first-order chi connectivity index (χ1) is 10.6. The van der Waals surface area contributed by atoms with Crippen LogP contribution in [-0.2, 0) is 0 Å². The molecule has 122 valence electrons. The summed E-state index contributed by atoms with van der Waals surface area (Å²) in [4.78, 5) is 2.32. The fourth-order valence-electron chi connectivity index (χ4n) is 2.05. The quantitative estimate of drug-likeness (QED) is 0.344. The van der Waals surface area contributed by atoms with E-state index in [9.17, 15) is 0 Å². The van der Waals surface area contributed by atoms with Crippen LogP contribution in [0.3, 0.4) is 0 Å². The molecule has 0 saturated heterocycles. The molecular weight excluding hydrogens is 292 g/mol. The average molecular weight is 321 g/mol. The van der Waals surface area contributed by atoms with Gasteiger partial charge in [0, 0.05) is 32.4 Å². The van der Waals surface area contributed by atoms with Crippen LogP contribution in [0.5, 0.6) is 0 Å². The number of hydrazone groups is 1. The van der Waals surface area contributed by atoms with Crippen molar-refractivity contribution in [2.75, 3.05) is 31.6 Å². The van der Waals surface area contributed by atoms with Gasteiger partial charge in [-0.05, 0) is 50.2 Å². The molecule has 4 nitrogen and oxygen atoms in total. The van der Waals surface area contributed by atoms with Gasteiger partial charge in [0.1, 0.15) is 0 Å². The van der Waals surface area contributed by atoms with Gasteiger partial charge in [-0.25, -0.2) is 5.01 Å². The molecule has 0 bridgehead atoms. The first-order valence-electron chi connectivity index (χ1n) is 8.02. The maximum atomic E-state index is 5.29. The number of hydrogen-bond donors (Lipinski definition) is 1. The Labute approximate surface area is 140 Å². The molecule has 0 fully saturated rings. The highest BCUT2D eigenvalue weighted by Gasteiger charge is 2.02. The first kappa shape index (κ1) is 18.4. The molecule has 0 aromatic heterocycles. The van der Waals surface area contributed by atoms with E-state index in [0.29, 0.717) is 5.11 Å². The van der Waals surface area contributed by atoms with Crippen LogP contribution in [-0.4, -0.2) is 43.0 Å². The molecule has 0 heterocycles. The Morgan fingerprint density at radius 1 is 1.18 bits per heavy atom. The van der Waals surface area contributed by atoms with Crippen molar-refractivity contribution in [2.45, 2.75) is 33.6 Å². The monoisotopic (exact) mass is 320 g/mol. The molecule has 0 saturated carbocycles. The van der Waals surface area contributed by atoms with E-state index >= 15 is 0 Å². The summed E-state index contributed by atoms with van der Waals surface area (Å²) in [6, 6.07) is 8.43.